The zero-order chi connectivity index (χ0) is 19.4. The summed E-state index contributed by atoms with van der Waals surface area (Å²) in [6.07, 6.45) is 0.906. The summed E-state index contributed by atoms with van der Waals surface area (Å²) in [4.78, 5) is 12.5. The molecule has 0 bridgehead atoms. The highest BCUT2D eigenvalue weighted by Gasteiger charge is 2.50. The van der Waals surface area contributed by atoms with Gasteiger partial charge in [-0.3, -0.25) is 5.21 Å². The molecular weight excluding hydrogens is 380 g/mol. The van der Waals surface area contributed by atoms with Gasteiger partial charge in [-0.15, -0.1) is 0 Å². The Balaban J connectivity index is 1.81. The fourth-order valence-corrected chi connectivity index (χ4v) is 4.50. The Labute approximate surface area is 167 Å². The molecule has 1 atom stereocenters. The van der Waals surface area contributed by atoms with E-state index in [1.807, 2.05) is 50.2 Å². The van der Waals surface area contributed by atoms with Crippen molar-refractivity contribution in [2.75, 3.05) is 5.32 Å². The minimum absolute atomic E-state index is 0.490. The molecule has 2 aromatic carbocycles. The van der Waals surface area contributed by atoms with Crippen LogP contribution in [0.1, 0.15) is 19.4 Å². The van der Waals surface area contributed by atoms with E-state index in [0.717, 1.165) is 5.56 Å². The SMILES string of the molecule is CC1(C)SC(=S)N(/N=C/c2ccccc2)C1N(O)C(=O)Nc1ccccc1. The zero-order valence-corrected chi connectivity index (χ0v) is 16.6. The van der Waals surface area contributed by atoms with Crippen molar-refractivity contribution in [3.63, 3.8) is 0 Å². The lowest BCUT2D eigenvalue weighted by atomic mass is 10.1. The molecular formula is C19H20N4O2S2. The van der Waals surface area contributed by atoms with E-state index in [1.54, 1.807) is 30.5 Å². The van der Waals surface area contributed by atoms with Gasteiger partial charge in [-0.1, -0.05) is 72.5 Å². The number of hydrogen-bond acceptors (Lipinski definition) is 5. The molecule has 27 heavy (non-hydrogen) atoms. The Kier molecular flexibility index (Phi) is 5.79. The zero-order valence-electron chi connectivity index (χ0n) is 14.9. The van der Waals surface area contributed by atoms with E-state index >= 15 is 0 Å². The molecule has 0 spiro atoms. The largest absolute Gasteiger partial charge is 0.347 e. The molecule has 8 heteroatoms. The maximum Gasteiger partial charge on any atom is 0.347 e. The van der Waals surface area contributed by atoms with Crippen molar-refractivity contribution >= 4 is 46.2 Å². The molecule has 3 rings (SSSR count). The lowest BCUT2D eigenvalue weighted by molar-refractivity contribution is -0.114. The molecule has 2 N–H and O–H groups in total. The first-order valence-corrected chi connectivity index (χ1v) is 9.56. The molecule has 1 saturated heterocycles. The molecule has 140 valence electrons. The fraction of sp³-hybridized carbons (Fsp3) is 0.211. The van der Waals surface area contributed by atoms with Gasteiger partial charge in [0.15, 0.2) is 10.5 Å². The number of benzene rings is 2. The van der Waals surface area contributed by atoms with Crippen LogP contribution in [-0.2, 0) is 0 Å². The number of para-hydroxylation sites is 1. The summed E-state index contributed by atoms with van der Waals surface area (Å²) in [5.41, 5.74) is 1.49. The smallest absolute Gasteiger partial charge is 0.306 e. The highest BCUT2D eigenvalue weighted by molar-refractivity contribution is 8.24. The number of thioether (sulfide) groups is 1. The molecule has 1 heterocycles. The number of rotatable bonds is 4. The number of carbonyl (C=O) groups is 1. The van der Waals surface area contributed by atoms with Gasteiger partial charge in [-0.25, -0.2) is 9.80 Å². The van der Waals surface area contributed by atoms with Crippen LogP contribution in [0.5, 0.6) is 0 Å². The summed E-state index contributed by atoms with van der Waals surface area (Å²) < 4.78 is -0.0582. The number of carbonyl (C=O) groups excluding carboxylic acids is 1. The van der Waals surface area contributed by atoms with E-state index in [1.165, 1.54) is 16.8 Å². The quantitative estimate of drug-likeness (QED) is 0.345. The number of nitrogens with one attached hydrogen (secondary N) is 1. The topological polar surface area (TPSA) is 68.2 Å². The Bertz CT molecular complexity index is 843. The summed E-state index contributed by atoms with van der Waals surface area (Å²) >= 11 is 6.81. The number of anilines is 1. The monoisotopic (exact) mass is 400 g/mol. The summed E-state index contributed by atoms with van der Waals surface area (Å²) in [7, 11) is 0. The van der Waals surface area contributed by atoms with Crippen molar-refractivity contribution in [1.82, 2.24) is 10.1 Å². The third kappa shape index (κ3) is 4.47. The highest BCUT2D eigenvalue weighted by Crippen LogP contribution is 2.42. The van der Waals surface area contributed by atoms with E-state index in [9.17, 15) is 10.0 Å². The average Bonchev–Trinajstić information content (AvgIpc) is 2.88. The van der Waals surface area contributed by atoms with E-state index in [0.29, 0.717) is 15.1 Å². The summed E-state index contributed by atoms with van der Waals surface area (Å²) in [6.45, 7) is 3.82. The number of urea groups is 1. The van der Waals surface area contributed by atoms with E-state index in [2.05, 4.69) is 10.4 Å². The number of hydroxylamine groups is 2. The maximum absolute atomic E-state index is 12.5. The second kappa shape index (κ2) is 8.08. The highest BCUT2D eigenvalue weighted by atomic mass is 32.2. The van der Waals surface area contributed by atoms with Crippen molar-refractivity contribution in [2.45, 2.75) is 24.8 Å². The first-order chi connectivity index (χ1) is 12.9. The van der Waals surface area contributed by atoms with Gasteiger partial charge < -0.3 is 5.32 Å². The normalized spacial score (nSPS) is 18.7. The molecule has 1 unspecified atom stereocenters. The van der Waals surface area contributed by atoms with Crippen LogP contribution < -0.4 is 5.32 Å². The molecule has 1 aliphatic rings. The summed E-state index contributed by atoms with van der Waals surface area (Å²) in [6, 6.07) is 17.9. The second-order valence-electron chi connectivity index (χ2n) is 6.49. The predicted octanol–water partition coefficient (Wildman–Crippen LogP) is 4.38. The first-order valence-electron chi connectivity index (χ1n) is 8.34. The van der Waals surface area contributed by atoms with E-state index in [4.69, 9.17) is 12.2 Å². The Morgan fingerprint density at radius 1 is 1.22 bits per heavy atom. The molecule has 2 amide bonds. The van der Waals surface area contributed by atoms with Crippen LogP contribution in [0.15, 0.2) is 65.8 Å². The minimum atomic E-state index is -0.751. The lowest BCUT2D eigenvalue weighted by Gasteiger charge is -2.34. The van der Waals surface area contributed by atoms with Crippen molar-refractivity contribution < 1.29 is 10.0 Å². The van der Waals surface area contributed by atoms with Crippen LogP contribution in [-0.4, -0.2) is 42.8 Å². The van der Waals surface area contributed by atoms with Gasteiger partial charge in [0, 0.05) is 5.69 Å². The van der Waals surface area contributed by atoms with E-state index in [-0.39, 0.29) is 0 Å². The standard InChI is InChI=1S/C19H20N4O2S2/c1-19(2)16(23(25)17(24)21-15-11-7-4-8-12-15)22(18(26)27-19)20-13-14-9-5-3-6-10-14/h3-13,16,25H,1-2H3,(H,21,24)/b20-13+. The first kappa shape index (κ1) is 19.3. The number of nitrogens with zero attached hydrogens (tertiary/aromatic N) is 3. The minimum Gasteiger partial charge on any atom is -0.306 e. The molecule has 2 aromatic rings. The molecule has 1 fully saturated rings. The molecule has 6 nitrogen and oxygen atoms in total. The number of amides is 2. The van der Waals surface area contributed by atoms with Crippen LogP contribution in [0.4, 0.5) is 10.5 Å². The number of thiocarbonyl (C=S) groups is 1. The van der Waals surface area contributed by atoms with Crippen molar-refractivity contribution in [3.05, 3.63) is 66.2 Å². The third-order valence-corrected chi connectivity index (χ3v) is 5.52. The Hall–Kier alpha value is -2.42. The molecule has 1 aliphatic heterocycles. The van der Waals surface area contributed by atoms with Gasteiger partial charge in [0.05, 0.1) is 11.0 Å². The van der Waals surface area contributed by atoms with E-state index < -0.39 is 16.9 Å². The lowest BCUT2D eigenvalue weighted by Crippen LogP contribution is -2.54. The van der Waals surface area contributed by atoms with Crippen LogP contribution in [0.3, 0.4) is 0 Å². The average molecular weight is 401 g/mol. The van der Waals surface area contributed by atoms with Crippen LogP contribution in [0.2, 0.25) is 0 Å². The molecule has 0 aliphatic carbocycles. The van der Waals surface area contributed by atoms with Crippen LogP contribution >= 0.6 is 24.0 Å². The number of hydrogen-bond donors (Lipinski definition) is 2. The third-order valence-electron chi connectivity index (χ3n) is 3.99. The molecule has 0 radical (unpaired) electrons. The van der Waals surface area contributed by atoms with Gasteiger partial charge in [0.2, 0.25) is 0 Å². The second-order valence-corrected chi connectivity index (χ2v) is 8.77. The van der Waals surface area contributed by atoms with Crippen molar-refractivity contribution in [2.24, 2.45) is 5.10 Å². The Morgan fingerprint density at radius 3 is 2.44 bits per heavy atom. The van der Waals surface area contributed by atoms with Crippen molar-refractivity contribution in [1.29, 1.82) is 0 Å². The van der Waals surface area contributed by atoms with Gasteiger partial charge in [0.25, 0.3) is 0 Å². The summed E-state index contributed by atoms with van der Waals surface area (Å²) in [5.74, 6) is 0. The van der Waals surface area contributed by atoms with Gasteiger partial charge in [0.1, 0.15) is 0 Å². The molecule has 0 aromatic heterocycles. The number of hydrazone groups is 1. The van der Waals surface area contributed by atoms with Crippen molar-refractivity contribution in [3.8, 4) is 0 Å². The fourth-order valence-electron chi connectivity index (χ4n) is 2.71. The van der Waals surface area contributed by atoms with Gasteiger partial charge in [-0.05, 0) is 31.5 Å². The molecule has 0 saturated carbocycles. The Morgan fingerprint density at radius 2 is 1.81 bits per heavy atom. The maximum atomic E-state index is 12.5. The van der Waals surface area contributed by atoms with Crippen LogP contribution in [0, 0.1) is 0 Å². The van der Waals surface area contributed by atoms with Gasteiger partial charge in [-0.2, -0.15) is 10.2 Å². The van der Waals surface area contributed by atoms with Crippen LogP contribution in [0.25, 0.3) is 0 Å². The summed E-state index contributed by atoms with van der Waals surface area (Å²) in [5, 5.41) is 19.9. The van der Waals surface area contributed by atoms with Gasteiger partial charge >= 0.3 is 6.03 Å². The predicted molar refractivity (Wildman–Crippen MR) is 113 cm³/mol.